The molecule has 1 heterocycles. The molecular weight excluding hydrogens is 197 g/mol. The number of nitrogens with zero attached hydrogens (tertiary/aromatic N) is 1. The number of halogens is 1. The molecule has 1 aromatic carbocycles. The highest BCUT2D eigenvalue weighted by atomic mass is 19.1. The van der Waals surface area contributed by atoms with E-state index in [1.165, 1.54) is 16.7 Å². The molecule has 0 atom stereocenters. The summed E-state index contributed by atoms with van der Waals surface area (Å²) in [7, 11) is 0. The number of aromatic nitrogens is 1. The molecule has 3 nitrogen and oxygen atoms in total. The van der Waals surface area contributed by atoms with Crippen LogP contribution in [0.15, 0.2) is 42.7 Å². The van der Waals surface area contributed by atoms with E-state index >= 15 is 0 Å². The summed E-state index contributed by atoms with van der Waals surface area (Å²) in [6.45, 7) is 0. The van der Waals surface area contributed by atoms with Gasteiger partial charge in [0.2, 0.25) is 0 Å². The van der Waals surface area contributed by atoms with Crippen LogP contribution in [0, 0.1) is 5.82 Å². The topological polar surface area (TPSA) is 42.2 Å². The number of hydrogen-bond donors (Lipinski definition) is 1. The van der Waals surface area contributed by atoms with Crippen molar-refractivity contribution < 1.29 is 14.3 Å². The molecule has 0 aliphatic rings. The molecule has 0 aliphatic heterocycles. The summed E-state index contributed by atoms with van der Waals surface area (Å²) in [6, 6.07) is 7.18. The SMILES string of the molecule is O=C(O)c1ccc(F)c(-n2cccc2)c1. The standard InChI is InChI=1S/C11H8FNO2/c12-9-4-3-8(11(14)15)7-10(9)13-5-1-2-6-13/h1-7H,(H,14,15). The van der Waals surface area contributed by atoms with Crippen LogP contribution in [0.5, 0.6) is 0 Å². The molecule has 4 heteroatoms. The third kappa shape index (κ3) is 1.74. The maximum atomic E-state index is 13.4. The van der Waals surface area contributed by atoms with Crippen LogP contribution in [-0.2, 0) is 0 Å². The van der Waals surface area contributed by atoms with E-state index in [9.17, 15) is 9.18 Å². The van der Waals surface area contributed by atoms with Gasteiger partial charge in [-0.1, -0.05) is 0 Å². The van der Waals surface area contributed by atoms with Gasteiger partial charge in [-0.05, 0) is 30.3 Å². The number of hydrogen-bond acceptors (Lipinski definition) is 1. The summed E-state index contributed by atoms with van der Waals surface area (Å²) < 4.78 is 14.9. The van der Waals surface area contributed by atoms with E-state index in [-0.39, 0.29) is 11.3 Å². The molecular formula is C11H8FNO2. The van der Waals surface area contributed by atoms with Crippen LogP contribution in [0.1, 0.15) is 10.4 Å². The fourth-order valence-corrected chi connectivity index (χ4v) is 1.34. The van der Waals surface area contributed by atoms with Crippen LogP contribution >= 0.6 is 0 Å². The van der Waals surface area contributed by atoms with Crippen molar-refractivity contribution in [2.75, 3.05) is 0 Å². The lowest BCUT2D eigenvalue weighted by atomic mass is 10.2. The van der Waals surface area contributed by atoms with Gasteiger partial charge < -0.3 is 9.67 Å². The van der Waals surface area contributed by atoms with Crippen molar-refractivity contribution in [1.82, 2.24) is 4.57 Å². The second kappa shape index (κ2) is 3.57. The van der Waals surface area contributed by atoms with Gasteiger partial charge in [-0.15, -0.1) is 0 Å². The Balaban J connectivity index is 2.55. The average Bonchev–Trinajstić information content (AvgIpc) is 2.71. The van der Waals surface area contributed by atoms with Crippen LogP contribution in [0.3, 0.4) is 0 Å². The second-order valence-corrected chi connectivity index (χ2v) is 3.06. The Kier molecular flexibility index (Phi) is 2.25. The van der Waals surface area contributed by atoms with Crippen LogP contribution in [0.4, 0.5) is 4.39 Å². The third-order valence-corrected chi connectivity index (χ3v) is 2.08. The largest absolute Gasteiger partial charge is 0.478 e. The lowest BCUT2D eigenvalue weighted by Gasteiger charge is -2.05. The second-order valence-electron chi connectivity index (χ2n) is 3.06. The fourth-order valence-electron chi connectivity index (χ4n) is 1.34. The van der Waals surface area contributed by atoms with Gasteiger partial charge >= 0.3 is 5.97 Å². The minimum absolute atomic E-state index is 0.0695. The first kappa shape index (κ1) is 9.45. The molecule has 0 radical (unpaired) electrons. The van der Waals surface area contributed by atoms with Crippen molar-refractivity contribution in [3.05, 3.63) is 54.1 Å². The summed E-state index contributed by atoms with van der Waals surface area (Å²) in [6.07, 6.45) is 3.31. The molecule has 0 amide bonds. The summed E-state index contributed by atoms with van der Waals surface area (Å²) >= 11 is 0. The first-order chi connectivity index (χ1) is 7.18. The zero-order valence-electron chi connectivity index (χ0n) is 7.72. The van der Waals surface area contributed by atoms with Crippen molar-refractivity contribution in [1.29, 1.82) is 0 Å². The summed E-state index contributed by atoms with van der Waals surface area (Å²) in [5.74, 6) is -1.51. The van der Waals surface area contributed by atoms with Gasteiger partial charge in [-0.25, -0.2) is 9.18 Å². The minimum Gasteiger partial charge on any atom is -0.478 e. The Labute approximate surface area is 85.4 Å². The van der Waals surface area contributed by atoms with Crippen LogP contribution in [0.2, 0.25) is 0 Å². The Morgan fingerprint density at radius 2 is 1.93 bits per heavy atom. The smallest absolute Gasteiger partial charge is 0.335 e. The number of benzene rings is 1. The molecule has 76 valence electrons. The van der Waals surface area contributed by atoms with Crippen molar-refractivity contribution >= 4 is 5.97 Å². The van der Waals surface area contributed by atoms with Crippen molar-refractivity contribution in [2.24, 2.45) is 0 Å². The van der Waals surface area contributed by atoms with Gasteiger partial charge in [0.05, 0.1) is 11.3 Å². The van der Waals surface area contributed by atoms with Gasteiger partial charge in [-0.3, -0.25) is 0 Å². The van der Waals surface area contributed by atoms with Crippen molar-refractivity contribution in [2.45, 2.75) is 0 Å². The predicted octanol–water partition coefficient (Wildman–Crippen LogP) is 2.31. The Bertz CT molecular complexity index is 491. The molecule has 0 saturated carbocycles. The van der Waals surface area contributed by atoms with E-state index in [1.54, 1.807) is 24.5 Å². The van der Waals surface area contributed by atoms with E-state index < -0.39 is 11.8 Å². The predicted molar refractivity (Wildman–Crippen MR) is 52.7 cm³/mol. The van der Waals surface area contributed by atoms with Gasteiger partial charge in [0.1, 0.15) is 5.82 Å². The Morgan fingerprint density at radius 1 is 1.27 bits per heavy atom. The lowest BCUT2D eigenvalue weighted by molar-refractivity contribution is 0.0697. The monoisotopic (exact) mass is 205 g/mol. The Morgan fingerprint density at radius 3 is 2.53 bits per heavy atom. The van der Waals surface area contributed by atoms with Crippen molar-refractivity contribution in [3.8, 4) is 5.69 Å². The highest BCUT2D eigenvalue weighted by molar-refractivity contribution is 5.88. The van der Waals surface area contributed by atoms with E-state index in [0.717, 1.165) is 6.07 Å². The molecule has 1 N–H and O–H groups in total. The molecule has 0 fully saturated rings. The highest BCUT2D eigenvalue weighted by Gasteiger charge is 2.08. The first-order valence-corrected chi connectivity index (χ1v) is 4.34. The maximum Gasteiger partial charge on any atom is 0.335 e. The number of rotatable bonds is 2. The summed E-state index contributed by atoms with van der Waals surface area (Å²) in [5, 5.41) is 8.77. The molecule has 2 rings (SSSR count). The van der Waals surface area contributed by atoms with E-state index in [4.69, 9.17) is 5.11 Å². The van der Waals surface area contributed by atoms with Crippen molar-refractivity contribution in [3.63, 3.8) is 0 Å². The molecule has 0 saturated heterocycles. The van der Waals surface area contributed by atoms with Crippen LogP contribution < -0.4 is 0 Å². The zero-order chi connectivity index (χ0) is 10.8. The van der Waals surface area contributed by atoms with Gasteiger partial charge in [0.15, 0.2) is 0 Å². The van der Waals surface area contributed by atoms with Gasteiger partial charge in [0.25, 0.3) is 0 Å². The normalized spacial score (nSPS) is 10.2. The number of carboxylic acid groups (broad SMARTS) is 1. The summed E-state index contributed by atoms with van der Waals surface area (Å²) in [5.41, 5.74) is 0.306. The summed E-state index contributed by atoms with van der Waals surface area (Å²) in [4.78, 5) is 10.7. The molecule has 0 unspecified atom stereocenters. The molecule has 1 aromatic heterocycles. The molecule has 0 bridgehead atoms. The number of carboxylic acids is 1. The van der Waals surface area contributed by atoms with E-state index in [2.05, 4.69) is 0 Å². The van der Waals surface area contributed by atoms with Crippen LogP contribution in [0.25, 0.3) is 5.69 Å². The van der Waals surface area contributed by atoms with Gasteiger partial charge in [0, 0.05) is 12.4 Å². The maximum absolute atomic E-state index is 13.4. The zero-order valence-corrected chi connectivity index (χ0v) is 7.72. The quantitative estimate of drug-likeness (QED) is 0.817. The van der Waals surface area contributed by atoms with E-state index in [0.29, 0.717) is 0 Å². The van der Waals surface area contributed by atoms with Crippen LogP contribution in [-0.4, -0.2) is 15.6 Å². The fraction of sp³-hybridized carbons (Fsp3) is 0. The minimum atomic E-state index is -1.07. The molecule has 2 aromatic rings. The lowest BCUT2D eigenvalue weighted by Crippen LogP contribution is -2.01. The van der Waals surface area contributed by atoms with E-state index in [1.807, 2.05) is 0 Å². The molecule has 0 aliphatic carbocycles. The Hall–Kier alpha value is -2.10. The number of carbonyl (C=O) groups is 1. The first-order valence-electron chi connectivity index (χ1n) is 4.34. The third-order valence-electron chi connectivity index (χ3n) is 2.08. The molecule has 15 heavy (non-hydrogen) atoms. The van der Waals surface area contributed by atoms with Gasteiger partial charge in [-0.2, -0.15) is 0 Å². The average molecular weight is 205 g/mol. The highest BCUT2D eigenvalue weighted by Crippen LogP contribution is 2.15. The molecule has 0 spiro atoms. The number of aromatic carboxylic acids is 1.